The highest BCUT2D eigenvalue weighted by Crippen LogP contribution is 2.28. The van der Waals surface area contributed by atoms with Crippen molar-refractivity contribution in [3.05, 3.63) is 29.8 Å². The molecule has 1 aromatic carbocycles. The number of nitrogens with two attached hydrogens (primary N) is 1. The zero-order valence-electron chi connectivity index (χ0n) is 15.3. The van der Waals surface area contributed by atoms with Crippen molar-refractivity contribution >= 4 is 5.91 Å². The molecule has 134 valence electrons. The van der Waals surface area contributed by atoms with Gasteiger partial charge in [0, 0.05) is 6.54 Å². The van der Waals surface area contributed by atoms with Crippen LogP contribution in [-0.4, -0.2) is 44.1 Å². The number of benzene rings is 1. The van der Waals surface area contributed by atoms with E-state index in [9.17, 15) is 4.79 Å². The average molecular weight is 333 g/mol. The first-order chi connectivity index (χ1) is 11.4. The molecule has 3 N–H and O–H groups in total. The van der Waals surface area contributed by atoms with Gasteiger partial charge >= 0.3 is 0 Å². The van der Waals surface area contributed by atoms with Gasteiger partial charge in [-0.1, -0.05) is 32.9 Å². The highest BCUT2D eigenvalue weighted by atomic mass is 16.5. The number of nitrogens with zero attached hydrogens (tertiary/aromatic N) is 1. The number of hydrogen-bond acceptors (Lipinski definition) is 4. The summed E-state index contributed by atoms with van der Waals surface area (Å²) in [7, 11) is 1.65. The van der Waals surface area contributed by atoms with Crippen LogP contribution in [-0.2, 0) is 4.79 Å². The summed E-state index contributed by atoms with van der Waals surface area (Å²) in [5.74, 6) is 1.21. The molecule has 24 heavy (non-hydrogen) atoms. The minimum absolute atomic E-state index is 0.00639. The molecule has 1 aromatic rings. The van der Waals surface area contributed by atoms with Gasteiger partial charge < -0.3 is 15.8 Å². The van der Waals surface area contributed by atoms with Gasteiger partial charge in [0.15, 0.2) is 0 Å². The molecule has 0 aromatic heterocycles. The Hall–Kier alpha value is -1.59. The van der Waals surface area contributed by atoms with Crippen molar-refractivity contribution in [1.29, 1.82) is 0 Å². The maximum Gasteiger partial charge on any atom is 0.234 e. The van der Waals surface area contributed by atoms with Gasteiger partial charge in [0.1, 0.15) is 5.75 Å². The van der Waals surface area contributed by atoms with Crippen molar-refractivity contribution in [3.8, 4) is 5.75 Å². The minimum atomic E-state index is 0.00639. The van der Waals surface area contributed by atoms with Gasteiger partial charge in [0.05, 0.1) is 19.7 Å². The predicted octanol–water partition coefficient (Wildman–Crippen LogP) is 2.18. The van der Waals surface area contributed by atoms with Gasteiger partial charge in [-0.2, -0.15) is 0 Å². The summed E-state index contributed by atoms with van der Waals surface area (Å²) < 4.78 is 5.21. The zero-order chi connectivity index (χ0) is 17.7. The number of hydrogen-bond donors (Lipinski definition) is 2. The Morgan fingerprint density at radius 2 is 2.04 bits per heavy atom. The molecule has 2 atom stereocenters. The Kier molecular flexibility index (Phi) is 6.24. The topological polar surface area (TPSA) is 67.6 Å². The number of amides is 1. The van der Waals surface area contributed by atoms with Gasteiger partial charge in [-0.3, -0.25) is 9.69 Å². The number of methoxy groups -OCH3 is 1. The van der Waals surface area contributed by atoms with Crippen molar-refractivity contribution < 1.29 is 9.53 Å². The van der Waals surface area contributed by atoms with Crippen LogP contribution in [0, 0.1) is 11.3 Å². The first-order valence-electron chi connectivity index (χ1n) is 8.72. The van der Waals surface area contributed by atoms with E-state index in [1.54, 1.807) is 7.11 Å². The minimum Gasteiger partial charge on any atom is -0.497 e. The number of ether oxygens (including phenoxy) is 1. The van der Waals surface area contributed by atoms with Crippen LogP contribution < -0.4 is 15.8 Å². The van der Waals surface area contributed by atoms with Crippen LogP contribution in [0.4, 0.5) is 0 Å². The summed E-state index contributed by atoms with van der Waals surface area (Å²) in [5.41, 5.74) is 7.09. The molecule has 0 bridgehead atoms. The van der Waals surface area contributed by atoms with Crippen molar-refractivity contribution in [3.63, 3.8) is 0 Å². The van der Waals surface area contributed by atoms with Crippen LogP contribution in [0.25, 0.3) is 0 Å². The van der Waals surface area contributed by atoms with E-state index in [0.29, 0.717) is 19.0 Å². The molecule has 1 aliphatic heterocycles. The summed E-state index contributed by atoms with van der Waals surface area (Å²) in [5, 5.41) is 3.19. The van der Waals surface area contributed by atoms with Gasteiger partial charge in [0.25, 0.3) is 0 Å². The molecular weight excluding hydrogens is 302 g/mol. The van der Waals surface area contributed by atoms with Crippen molar-refractivity contribution in [2.45, 2.75) is 33.2 Å². The SMILES string of the molecule is COc1ccc(C(NC(=O)CN2CCC(C)(CN)C2)C(C)C)cc1. The fourth-order valence-corrected chi connectivity index (χ4v) is 3.30. The number of likely N-dealkylation sites (tertiary alicyclic amines) is 1. The quantitative estimate of drug-likeness (QED) is 0.802. The van der Waals surface area contributed by atoms with Crippen molar-refractivity contribution in [2.24, 2.45) is 17.1 Å². The van der Waals surface area contributed by atoms with Gasteiger partial charge in [0.2, 0.25) is 5.91 Å². The normalized spacial score (nSPS) is 22.6. The Morgan fingerprint density at radius 3 is 2.54 bits per heavy atom. The highest BCUT2D eigenvalue weighted by Gasteiger charge is 2.33. The lowest BCUT2D eigenvalue weighted by atomic mass is 9.90. The molecule has 1 amide bonds. The monoisotopic (exact) mass is 333 g/mol. The third-order valence-electron chi connectivity index (χ3n) is 4.95. The molecule has 5 heteroatoms. The third kappa shape index (κ3) is 4.71. The van der Waals surface area contributed by atoms with E-state index in [2.05, 4.69) is 31.0 Å². The lowest BCUT2D eigenvalue weighted by molar-refractivity contribution is -0.123. The summed E-state index contributed by atoms with van der Waals surface area (Å²) in [6, 6.07) is 7.91. The molecule has 1 heterocycles. The van der Waals surface area contributed by atoms with Gasteiger partial charge in [-0.05, 0) is 48.5 Å². The Balaban J connectivity index is 1.96. The number of rotatable bonds is 7. The molecule has 1 fully saturated rings. The molecule has 5 nitrogen and oxygen atoms in total. The van der Waals surface area contributed by atoms with E-state index in [4.69, 9.17) is 10.5 Å². The summed E-state index contributed by atoms with van der Waals surface area (Å²) in [6.07, 6.45) is 1.06. The second-order valence-electron chi connectivity index (χ2n) is 7.54. The summed E-state index contributed by atoms with van der Waals surface area (Å²) >= 11 is 0. The zero-order valence-corrected chi connectivity index (χ0v) is 15.3. The lowest BCUT2D eigenvalue weighted by Crippen LogP contribution is -2.40. The van der Waals surface area contributed by atoms with Crippen LogP contribution >= 0.6 is 0 Å². The molecule has 0 radical (unpaired) electrons. The summed E-state index contributed by atoms with van der Waals surface area (Å²) in [4.78, 5) is 14.7. The Morgan fingerprint density at radius 1 is 1.38 bits per heavy atom. The number of carbonyl (C=O) groups excluding carboxylic acids is 1. The lowest BCUT2D eigenvalue weighted by Gasteiger charge is -2.26. The van der Waals surface area contributed by atoms with E-state index in [1.807, 2.05) is 24.3 Å². The predicted molar refractivity (Wildman–Crippen MR) is 96.9 cm³/mol. The van der Waals surface area contributed by atoms with E-state index in [1.165, 1.54) is 0 Å². The standard InChI is InChI=1S/C19H31N3O2/c1-14(2)18(15-5-7-16(24-4)8-6-15)21-17(23)11-22-10-9-19(3,12-20)13-22/h5-8,14,18H,9-13,20H2,1-4H3,(H,21,23). The fraction of sp³-hybridized carbons (Fsp3) is 0.632. The molecule has 1 aliphatic rings. The van der Waals surface area contributed by atoms with E-state index >= 15 is 0 Å². The first-order valence-corrected chi connectivity index (χ1v) is 8.72. The highest BCUT2D eigenvalue weighted by molar-refractivity contribution is 5.78. The fourth-order valence-electron chi connectivity index (χ4n) is 3.30. The van der Waals surface area contributed by atoms with E-state index < -0.39 is 0 Å². The number of carbonyl (C=O) groups is 1. The Labute approximate surface area is 145 Å². The molecule has 2 unspecified atom stereocenters. The third-order valence-corrected chi connectivity index (χ3v) is 4.95. The molecule has 0 aliphatic carbocycles. The molecule has 0 spiro atoms. The van der Waals surface area contributed by atoms with Crippen molar-refractivity contribution in [1.82, 2.24) is 10.2 Å². The van der Waals surface area contributed by atoms with Crippen LogP contribution in [0.3, 0.4) is 0 Å². The van der Waals surface area contributed by atoms with Crippen LogP contribution in [0.5, 0.6) is 5.75 Å². The van der Waals surface area contributed by atoms with E-state index in [0.717, 1.165) is 30.8 Å². The molecule has 2 rings (SSSR count). The van der Waals surface area contributed by atoms with Crippen LogP contribution in [0.2, 0.25) is 0 Å². The smallest absolute Gasteiger partial charge is 0.234 e. The van der Waals surface area contributed by atoms with Gasteiger partial charge in [-0.25, -0.2) is 0 Å². The van der Waals surface area contributed by atoms with Crippen LogP contribution in [0.15, 0.2) is 24.3 Å². The second-order valence-corrected chi connectivity index (χ2v) is 7.54. The van der Waals surface area contributed by atoms with E-state index in [-0.39, 0.29) is 17.4 Å². The largest absolute Gasteiger partial charge is 0.497 e. The summed E-state index contributed by atoms with van der Waals surface area (Å²) in [6.45, 7) is 9.38. The molecular formula is C19H31N3O2. The molecule has 0 saturated carbocycles. The molecule has 1 saturated heterocycles. The average Bonchev–Trinajstić information content (AvgIpc) is 2.94. The first kappa shape index (κ1) is 18.7. The Bertz CT molecular complexity index is 544. The van der Waals surface area contributed by atoms with Gasteiger partial charge in [-0.15, -0.1) is 0 Å². The van der Waals surface area contributed by atoms with Crippen LogP contribution in [0.1, 0.15) is 38.8 Å². The number of nitrogens with one attached hydrogen (secondary N) is 1. The maximum atomic E-state index is 12.5. The second kappa shape index (κ2) is 7.99. The van der Waals surface area contributed by atoms with Crippen molar-refractivity contribution in [2.75, 3.05) is 33.3 Å². The maximum absolute atomic E-state index is 12.5.